The van der Waals surface area contributed by atoms with E-state index in [1.807, 2.05) is 0 Å². The van der Waals surface area contributed by atoms with Gasteiger partial charge in [0.2, 0.25) is 0 Å². The molecule has 0 aromatic carbocycles. The lowest BCUT2D eigenvalue weighted by atomic mass is 10.2. The van der Waals surface area contributed by atoms with Gasteiger partial charge in [-0.1, -0.05) is 19.9 Å². The molecule has 1 saturated heterocycles. The molecule has 0 bridgehead atoms. The molecule has 1 unspecified atom stereocenters. The van der Waals surface area contributed by atoms with Gasteiger partial charge in [-0.25, -0.2) is 18.1 Å². The van der Waals surface area contributed by atoms with Gasteiger partial charge in [0.1, 0.15) is 0 Å². The number of ether oxygens (including phenoxy) is 1. The Morgan fingerprint density at radius 2 is 2.25 bits per heavy atom. The van der Waals surface area contributed by atoms with Crippen LogP contribution in [0.3, 0.4) is 0 Å². The highest BCUT2D eigenvalue weighted by atomic mass is 32.2. The molecule has 2 N–H and O–H groups in total. The van der Waals surface area contributed by atoms with Gasteiger partial charge in [0.05, 0.1) is 6.61 Å². The average Bonchev–Trinajstić information content (AvgIpc) is 2.89. The summed E-state index contributed by atoms with van der Waals surface area (Å²) >= 11 is 0. The van der Waals surface area contributed by atoms with E-state index in [2.05, 4.69) is 28.9 Å². The number of nitrogens with one attached hydrogen (secondary N) is 2. The zero-order valence-corrected chi connectivity index (χ0v) is 12.6. The van der Waals surface area contributed by atoms with Gasteiger partial charge >= 0.3 is 0 Å². The maximum atomic E-state index is 12.1. The molecule has 1 fully saturated rings. The SMILES string of the molecule is CC(C)NCc1ccc(S(=O)(=O)NC2CCOC2)nc1. The fourth-order valence-electron chi connectivity index (χ4n) is 1.90. The third-order valence-corrected chi connectivity index (χ3v) is 4.47. The molecule has 2 rings (SSSR count). The predicted octanol–water partition coefficient (Wildman–Crippen LogP) is 0.647. The molecular formula is C13H21N3O3S. The summed E-state index contributed by atoms with van der Waals surface area (Å²) in [5.74, 6) is 0. The Kier molecular flexibility index (Phi) is 5.09. The molecule has 7 heteroatoms. The van der Waals surface area contributed by atoms with E-state index in [0.29, 0.717) is 32.2 Å². The maximum Gasteiger partial charge on any atom is 0.258 e. The van der Waals surface area contributed by atoms with Gasteiger partial charge in [-0.15, -0.1) is 0 Å². The van der Waals surface area contributed by atoms with Crippen molar-refractivity contribution in [3.8, 4) is 0 Å². The van der Waals surface area contributed by atoms with Crippen molar-refractivity contribution in [3.63, 3.8) is 0 Å². The first-order valence-corrected chi connectivity index (χ1v) is 8.24. The van der Waals surface area contributed by atoms with E-state index in [1.165, 1.54) is 6.07 Å². The number of hydrogen-bond donors (Lipinski definition) is 2. The number of nitrogens with zero attached hydrogens (tertiary/aromatic N) is 1. The highest BCUT2D eigenvalue weighted by Crippen LogP contribution is 2.11. The molecule has 20 heavy (non-hydrogen) atoms. The summed E-state index contributed by atoms with van der Waals surface area (Å²) in [5, 5.41) is 3.31. The zero-order valence-electron chi connectivity index (χ0n) is 11.8. The van der Waals surface area contributed by atoms with E-state index >= 15 is 0 Å². The minimum Gasteiger partial charge on any atom is -0.380 e. The second kappa shape index (κ2) is 6.62. The standard InChI is InChI=1S/C13H21N3O3S/c1-10(2)14-7-11-3-4-13(15-8-11)20(17,18)16-12-5-6-19-9-12/h3-4,8,10,12,14,16H,5-7,9H2,1-2H3. The highest BCUT2D eigenvalue weighted by Gasteiger charge is 2.24. The lowest BCUT2D eigenvalue weighted by Crippen LogP contribution is -2.35. The second-order valence-corrected chi connectivity index (χ2v) is 6.88. The molecule has 1 atom stereocenters. The molecule has 1 aromatic rings. The van der Waals surface area contributed by atoms with Crippen molar-refractivity contribution < 1.29 is 13.2 Å². The molecule has 0 aliphatic carbocycles. The number of aromatic nitrogens is 1. The summed E-state index contributed by atoms with van der Waals surface area (Å²) in [4.78, 5) is 4.04. The Morgan fingerprint density at radius 3 is 2.80 bits per heavy atom. The Labute approximate surface area is 120 Å². The lowest BCUT2D eigenvalue weighted by Gasteiger charge is -2.11. The van der Waals surface area contributed by atoms with Gasteiger partial charge in [-0.05, 0) is 18.1 Å². The van der Waals surface area contributed by atoms with Crippen molar-refractivity contribution in [2.75, 3.05) is 13.2 Å². The van der Waals surface area contributed by atoms with E-state index in [4.69, 9.17) is 4.74 Å². The number of pyridine rings is 1. The van der Waals surface area contributed by atoms with Crippen LogP contribution in [0, 0.1) is 0 Å². The van der Waals surface area contributed by atoms with Gasteiger partial charge in [0.25, 0.3) is 10.0 Å². The van der Waals surface area contributed by atoms with Gasteiger partial charge in [-0.2, -0.15) is 0 Å². The monoisotopic (exact) mass is 299 g/mol. The van der Waals surface area contributed by atoms with E-state index in [9.17, 15) is 8.42 Å². The highest BCUT2D eigenvalue weighted by molar-refractivity contribution is 7.89. The van der Waals surface area contributed by atoms with Crippen LogP contribution in [0.1, 0.15) is 25.8 Å². The molecule has 0 amide bonds. The van der Waals surface area contributed by atoms with Gasteiger partial charge < -0.3 is 10.1 Å². The molecule has 6 nitrogen and oxygen atoms in total. The topological polar surface area (TPSA) is 80.3 Å². The smallest absolute Gasteiger partial charge is 0.258 e. The van der Waals surface area contributed by atoms with Crippen LogP contribution in [0.2, 0.25) is 0 Å². The third-order valence-electron chi connectivity index (χ3n) is 3.04. The summed E-state index contributed by atoms with van der Waals surface area (Å²) in [6.07, 6.45) is 2.30. The van der Waals surface area contributed by atoms with Crippen LogP contribution in [-0.4, -0.2) is 38.7 Å². The Bertz CT molecular complexity index is 522. The molecule has 2 heterocycles. The van der Waals surface area contributed by atoms with Crippen LogP contribution >= 0.6 is 0 Å². The van der Waals surface area contributed by atoms with Crippen LogP contribution in [0.15, 0.2) is 23.4 Å². The number of hydrogen-bond acceptors (Lipinski definition) is 5. The van der Waals surface area contributed by atoms with E-state index in [-0.39, 0.29) is 11.1 Å². The Balaban J connectivity index is 2.00. The number of sulfonamides is 1. The van der Waals surface area contributed by atoms with E-state index in [1.54, 1.807) is 12.3 Å². The minimum atomic E-state index is -3.55. The van der Waals surface area contributed by atoms with Crippen LogP contribution in [-0.2, 0) is 21.3 Å². The first-order valence-electron chi connectivity index (χ1n) is 6.76. The quantitative estimate of drug-likeness (QED) is 0.806. The van der Waals surface area contributed by atoms with Crippen molar-refractivity contribution in [2.24, 2.45) is 0 Å². The molecule has 1 aliphatic heterocycles. The normalized spacial score (nSPS) is 19.6. The summed E-state index contributed by atoms with van der Waals surface area (Å²) in [6, 6.07) is 3.55. The van der Waals surface area contributed by atoms with Gasteiger partial charge in [0.15, 0.2) is 5.03 Å². The fourth-order valence-corrected chi connectivity index (χ4v) is 3.09. The first kappa shape index (κ1) is 15.4. The van der Waals surface area contributed by atoms with Gasteiger partial charge in [-0.3, -0.25) is 0 Å². The lowest BCUT2D eigenvalue weighted by molar-refractivity contribution is 0.192. The fraction of sp³-hybridized carbons (Fsp3) is 0.615. The van der Waals surface area contributed by atoms with E-state index < -0.39 is 10.0 Å². The van der Waals surface area contributed by atoms with Crippen molar-refractivity contribution in [2.45, 2.75) is 43.9 Å². The molecule has 0 saturated carbocycles. The first-order chi connectivity index (χ1) is 9.47. The maximum absolute atomic E-state index is 12.1. The zero-order chi connectivity index (χ0) is 14.6. The van der Waals surface area contributed by atoms with Crippen molar-refractivity contribution in [1.29, 1.82) is 0 Å². The summed E-state index contributed by atoms with van der Waals surface area (Å²) < 4.78 is 32.0. The number of rotatable bonds is 6. The van der Waals surface area contributed by atoms with Crippen LogP contribution in [0.5, 0.6) is 0 Å². The summed E-state index contributed by atoms with van der Waals surface area (Å²) in [7, 11) is -3.55. The third kappa shape index (κ3) is 4.24. The Hall–Kier alpha value is -1.02. The molecule has 1 aliphatic rings. The van der Waals surface area contributed by atoms with Crippen molar-refractivity contribution >= 4 is 10.0 Å². The van der Waals surface area contributed by atoms with Crippen molar-refractivity contribution in [3.05, 3.63) is 23.9 Å². The van der Waals surface area contributed by atoms with Gasteiger partial charge in [0, 0.05) is 31.4 Å². The molecular weight excluding hydrogens is 278 g/mol. The Morgan fingerprint density at radius 1 is 1.45 bits per heavy atom. The van der Waals surface area contributed by atoms with E-state index in [0.717, 1.165) is 5.56 Å². The molecule has 0 spiro atoms. The van der Waals surface area contributed by atoms with Crippen LogP contribution in [0.25, 0.3) is 0 Å². The summed E-state index contributed by atoms with van der Waals surface area (Å²) in [5.41, 5.74) is 0.960. The van der Waals surface area contributed by atoms with Crippen LogP contribution < -0.4 is 10.0 Å². The average molecular weight is 299 g/mol. The predicted molar refractivity (Wildman–Crippen MR) is 75.8 cm³/mol. The second-order valence-electron chi connectivity index (χ2n) is 5.22. The minimum absolute atomic E-state index is 0.0534. The molecule has 112 valence electrons. The van der Waals surface area contributed by atoms with Crippen LogP contribution in [0.4, 0.5) is 0 Å². The van der Waals surface area contributed by atoms with Crippen molar-refractivity contribution in [1.82, 2.24) is 15.0 Å². The largest absolute Gasteiger partial charge is 0.380 e. The molecule has 0 radical (unpaired) electrons. The molecule has 1 aromatic heterocycles. The summed E-state index contributed by atoms with van der Waals surface area (Å²) in [6.45, 7) is 5.81.